The van der Waals surface area contributed by atoms with Crippen molar-refractivity contribution in [1.29, 1.82) is 0 Å². The molecule has 1 unspecified atom stereocenters. The highest BCUT2D eigenvalue weighted by atomic mass is 32.2. The van der Waals surface area contributed by atoms with E-state index in [-0.39, 0.29) is 5.91 Å². The van der Waals surface area contributed by atoms with Gasteiger partial charge in [-0.05, 0) is 31.5 Å². The molecular weight excluding hydrogens is 349 g/mol. The van der Waals surface area contributed by atoms with Crippen LogP contribution in [0, 0.1) is 0 Å². The smallest absolute Gasteiger partial charge is 0.338 e. The van der Waals surface area contributed by atoms with E-state index in [0.717, 1.165) is 29.6 Å². The SMILES string of the molecule is CCN(Cc1ccccc1)C(=O)C(C)Sc1ccc(C(F)(F)F)cn1. The fourth-order valence-corrected chi connectivity index (χ4v) is 3.13. The molecule has 1 heterocycles. The summed E-state index contributed by atoms with van der Waals surface area (Å²) >= 11 is 1.16. The Hall–Kier alpha value is -2.02. The number of carbonyl (C=O) groups is 1. The molecule has 0 aliphatic rings. The van der Waals surface area contributed by atoms with Crippen LogP contribution in [0.2, 0.25) is 0 Å². The molecule has 25 heavy (non-hydrogen) atoms. The molecule has 0 aliphatic carbocycles. The monoisotopic (exact) mass is 368 g/mol. The Morgan fingerprint density at radius 3 is 2.40 bits per heavy atom. The summed E-state index contributed by atoms with van der Waals surface area (Å²) in [6.07, 6.45) is -3.62. The zero-order valence-electron chi connectivity index (χ0n) is 14.0. The molecule has 0 fully saturated rings. The molecule has 0 N–H and O–H groups in total. The highest BCUT2D eigenvalue weighted by molar-refractivity contribution is 8.00. The van der Waals surface area contributed by atoms with Gasteiger partial charge < -0.3 is 4.90 Å². The van der Waals surface area contributed by atoms with E-state index in [1.807, 2.05) is 37.3 Å². The van der Waals surface area contributed by atoms with Crippen LogP contribution in [-0.4, -0.2) is 27.6 Å². The Kier molecular flexibility index (Phi) is 6.47. The average molecular weight is 368 g/mol. The van der Waals surface area contributed by atoms with Crippen molar-refractivity contribution in [2.24, 2.45) is 0 Å². The first-order valence-electron chi connectivity index (χ1n) is 7.84. The number of hydrogen-bond acceptors (Lipinski definition) is 3. The summed E-state index contributed by atoms with van der Waals surface area (Å²) in [6.45, 7) is 4.69. The fourth-order valence-electron chi connectivity index (χ4n) is 2.26. The molecule has 1 aromatic heterocycles. The van der Waals surface area contributed by atoms with E-state index in [4.69, 9.17) is 0 Å². The van der Waals surface area contributed by atoms with Crippen molar-refractivity contribution in [3.8, 4) is 0 Å². The van der Waals surface area contributed by atoms with Gasteiger partial charge in [-0.2, -0.15) is 13.2 Å². The van der Waals surface area contributed by atoms with E-state index < -0.39 is 17.0 Å². The number of aromatic nitrogens is 1. The molecule has 7 heteroatoms. The number of benzene rings is 1. The number of hydrogen-bond donors (Lipinski definition) is 0. The maximum Gasteiger partial charge on any atom is 0.417 e. The Morgan fingerprint density at radius 1 is 1.20 bits per heavy atom. The van der Waals surface area contributed by atoms with Crippen molar-refractivity contribution >= 4 is 17.7 Å². The summed E-state index contributed by atoms with van der Waals surface area (Å²) in [5.74, 6) is -0.0712. The van der Waals surface area contributed by atoms with Crippen LogP contribution in [0.15, 0.2) is 53.7 Å². The molecule has 1 aromatic carbocycles. The van der Waals surface area contributed by atoms with Crippen molar-refractivity contribution in [2.45, 2.75) is 36.8 Å². The molecule has 0 bridgehead atoms. The van der Waals surface area contributed by atoms with Gasteiger partial charge >= 0.3 is 6.18 Å². The molecule has 0 saturated carbocycles. The minimum absolute atomic E-state index is 0.0712. The average Bonchev–Trinajstić information content (AvgIpc) is 2.59. The number of amides is 1. The summed E-state index contributed by atoms with van der Waals surface area (Å²) < 4.78 is 37.7. The van der Waals surface area contributed by atoms with E-state index in [1.165, 1.54) is 6.07 Å². The van der Waals surface area contributed by atoms with Crippen LogP contribution in [0.4, 0.5) is 13.2 Å². The zero-order chi connectivity index (χ0) is 18.4. The van der Waals surface area contributed by atoms with Crippen LogP contribution in [0.5, 0.6) is 0 Å². The predicted molar refractivity (Wildman–Crippen MR) is 92.1 cm³/mol. The van der Waals surface area contributed by atoms with Crippen molar-refractivity contribution in [2.75, 3.05) is 6.54 Å². The maximum absolute atomic E-state index is 12.6. The van der Waals surface area contributed by atoms with Gasteiger partial charge in [0.15, 0.2) is 0 Å². The van der Waals surface area contributed by atoms with E-state index in [9.17, 15) is 18.0 Å². The maximum atomic E-state index is 12.6. The Morgan fingerprint density at radius 2 is 1.88 bits per heavy atom. The lowest BCUT2D eigenvalue weighted by atomic mass is 10.2. The molecule has 1 atom stereocenters. The molecule has 2 rings (SSSR count). The molecular formula is C18H19F3N2OS. The van der Waals surface area contributed by atoms with Crippen molar-refractivity contribution < 1.29 is 18.0 Å². The summed E-state index contributed by atoms with van der Waals surface area (Å²) in [6, 6.07) is 11.9. The second-order valence-corrected chi connectivity index (χ2v) is 6.84. The third kappa shape index (κ3) is 5.49. The molecule has 0 spiro atoms. The predicted octanol–water partition coefficient (Wildman–Crippen LogP) is 4.63. The summed E-state index contributed by atoms with van der Waals surface area (Å²) in [5, 5.41) is -0.0440. The van der Waals surface area contributed by atoms with Crippen LogP contribution in [0.1, 0.15) is 25.0 Å². The topological polar surface area (TPSA) is 33.2 Å². The normalized spacial score (nSPS) is 12.7. The Labute approximate surface area is 149 Å². The molecule has 134 valence electrons. The molecule has 0 saturated heterocycles. The van der Waals surface area contributed by atoms with Gasteiger partial charge in [0.2, 0.25) is 5.91 Å². The number of thioether (sulfide) groups is 1. The van der Waals surface area contributed by atoms with Crippen molar-refractivity contribution in [3.05, 3.63) is 59.8 Å². The fraction of sp³-hybridized carbons (Fsp3) is 0.333. The minimum Gasteiger partial charge on any atom is -0.338 e. The second-order valence-electron chi connectivity index (χ2n) is 5.48. The van der Waals surface area contributed by atoms with Gasteiger partial charge in [-0.25, -0.2) is 4.98 Å². The molecule has 3 nitrogen and oxygen atoms in total. The highest BCUT2D eigenvalue weighted by Gasteiger charge is 2.31. The van der Waals surface area contributed by atoms with Crippen LogP contribution in [0.3, 0.4) is 0 Å². The lowest BCUT2D eigenvalue weighted by molar-refractivity contribution is -0.138. The van der Waals surface area contributed by atoms with Crippen LogP contribution < -0.4 is 0 Å². The standard InChI is InChI=1S/C18H19F3N2OS/c1-3-23(12-14-7-5-4-6-8-14)17(24)13(2)25-16-10-9-15(11-22-16)18(19,20)21/h4-11,13H,3,12H2,1-2H3. The van der Waals surface area contributed by atoms with E-state index in [0.29, 0.717) is 18.1 Å². The lowest BCUT2D eigenvalue weighted by Gasteiger charge is -2.24. The van der Waals surface area contributed by atoms with Crippen molar-refractivity contribution in [1.82, 2.24) is 9.88 Å². The Bertz CT molecular complexity index is 690. The molecule has 0 aliphatic heterocycles. The number of carbonyl (C=O) groups excluding carboxylic acids is 1. The van der Waals surface area contributed by atoms with Gasteiger partial charge in [-0.15, -0.1) is 0 Å². The first-order valence-corrected chi connectivity index (χ1v) is 8.72. The summed E-state index contributed by atoms with van der Waals surface area (Å²) in [7, 11) is 0. The first kappa shape index (κ1) is 19.3. The minimum atomic E-state index is -4.41. The third-order valence-electron chi connectivity index (χ3n) is 3.62. The molecule has 1 amide bonds. The van der Waals surface area contributed by atoms with Gasteiger partial charge in [-0.3, -0.25) is 4.79 Å². The van der Waals surface area contributed by atoms with Crippen LogP contribution in [-0.2, 0) is 17.5 Å². The second kappa shape index (κ2) is 8.38. The molecule has 0 radical (unpaired) electrons. The van der Waals surface area contributed by atoms with Crippen LogP contribution in [0.25, 0.3) is 0 Å². The van der Waals surface area contributed by atoms with Crippen molar-refractivity contribution in [3.63, 3.8) is 0 Å². The highest BCUT2D eigenvalue weighted by Crippen LogP contribution is 2.30. The Balaban J connectivity index is 2.00. The van der Waals surface area contributed by atoms with E-state index >= 15 is 0 Å². The van der Waals surface area contributed by atoms with E-state index in [1.54, 1.807) is 11.8 Å². The number of rotatable bonds is 6. The largest absolute Gasteiger partial charge is 0.417 e. The number of alkyl halides is 3. The van der Waals surface area contributed by atoms with E-state index in [2.05, 4.69) is 4.98 Å². The number of nitrogens with zero attached hydrogens (tertiary/aromatic N) is 2. The van der Waals surface area contributed by atoms with Gasteiger partial charge in [0.05, 0.1) is 15.8 Å². The number of halogens is 3. The quantitative estimate of drug-likeness (QED) is 0.697. The van der Waals surface area contributed by atoms with Gasteiger partial charge in [0, 0.05) is 19.3 Å². The van der Waals surface area contributed by atoms with Crippen LogP contribution >= 0.6 is 11.8 Å². The van der Waals surface area contributed by atoms with Gasteiger partial charge in [0.25, 0.3) is 0 Å². The third-order valence-corrected chi connectivity index (χ3v) is 4.66. The van der Waals surface area contributed by atoms with Gasteiger partial charge in [0.1, 0.15) is 0 Å². The summed E-state index contributed by atoms with van der Waals surface area (Å²) in [5.41, 5.74) is 0.234. The number of pyridine rings is 1. The first-order chi connectivity index (χ1) is 11.8. The van der Waals surface area contributed by atoms with Gasteiger partial charge in [-0.1, -0.05) is 42.1 Å². The summed E-state index contributed by atoms with van der Waals surface area (Å²) in [4.78, 5) is 18.1. The molecule has 2 aromatic rings. The zero-order valence-corrected chi connectivity index (χ0v) is 14.8. The lowest BCUT2D eigenvalue weighted by Crippen LogP contribution is -2.36.